The molecular formula is C21H21ClFN3O2. The Balaban J connectivity index is 1.37. The Hall–Kier alpha value is -2.44. The van der Waals surface area contributed by atoms with Crippen LogP contribution >= 0.6 is 11.6 Å². The number of hydrogen-bond acceptors (Lipinski definition) is 4. The zero-order valence-corrected chi connectivity index (χ0v) is 16.0. The van der Waals surface area contributed by atoms with Crippen LogP contribution in [0.15, 0.2) is 48.5 Å². The maximum Gasteiger partial charge on any atom is 0.251 e. The summed E-state index contributed by atoms with van der Waals surface area (Å²) < 4.78 is 13.1. The molecule has 0 saturated carbocycles. The van der Waals surface area contributed by atoms with Gasteiger partial charge in [-0.3, -0.25) is 14.5 Å². The molecule has 2 amide bonds. The number of nitrogens with zero attached hydrogens (tertiary/aromatic N) is 2. The van der Waals surface area contributed by atoms with Crippen LogP contribution in [0.1, 0.15) is 19.3 Å². The number of rotatable bonds is 4. The van der Waals surface area contributed by atoms with Gasteiger partial charge < -0.3 is 5.32 Å². The van der Waals surface area contributed by atoms with Gasteiger partial charge in [-0.05, 0) is 61.4 Å². The first-order valence-electron chi connectivity index (χ1n) is 9.40. The molecule has 2 saturated heterocycles. The lowest BCUT2D eigenvalue weighted by Gasteiger charge is -2.35. The van der Waals surface area contributed by atoms with Crippen molar-refractivity contribution in [1.82, 2.24) is 4.90 Å². The molecule has 0 aliphatic carbocycles. The van der Waals surface area contributed by atoms with E-state index in [0.29, 0.717) is 16.8 Å². The van der Waals surface area contributed by atoms with E-state index in [1.54, 1.807) is 0 Å². The average Bonchev–Trinajstić information content (AvgIpc) is 2.99. The fraction of sp³-hybridized carbons (Fsp3) is 0.333. The van der Waals surface area contributed by atoms with Crippen molar-refractivity contribution in [3.63, 3.8) is 0 Å². The molecule has 0 aromatic heterocycles. The molecule has 0 unspecified atom stereocenters. The van der Waals surface area contributed by atoms with E-state index < -0.39 is 11.9 Å². The van der Waals surface area contributed by atoms with Crippen LogP contribution in [0.4, 0.5) is 15.8 Å². The van der Waals surface area contributed by atoms with Gasteiger partial charge in [0.1, 0.15) is 5.82 Å². The van der Waals surface area contributed by atoms with E-state index >= 15 is 0 Å². The van der Waals surface area contributed by atoms with Crippen LogP contribution in [0.2, 0.25) is 5.02 Å². The summed E-state index contributed by atoms with van der Waals surface area (Å²) in [6.07, 6.45) is 1.94. The van der Waals surface area contributed by atoms with E-state index in [2.05, 4.69) is 10.2 Å². The van der Waals surface area contributed by atoms with Crippen molar-refractivity contribution in [2.75, 3.05) is 23.3 Å². The summed E-state index contributed by atoms with van der Waals surface area (Å²) in [5, 5.41) is 4.20. The second-order valence-electron chi connectivity index (χ2n) is 7.23. The summed E-state index contributed by atoms with van der Waals surface area (Å²) in [6.45, 7) is 1.48. The van der Waals surface area contributed by atoms with Crippen molar-refractivity contribution < 1.29 is 14.0 Å². The van der Waals surface area contributed by atoms with Gasteiger partial charge in [0.15, 0.2) is 0 Å². The lowest BCUT2D eigenvalue weighted by atomic mass is 10.0. The summed E-state index contributed by atoms with van der Waals surface area (Å²) in [4.78, 5) is 28.5. The van der Waals surface area contributed by atoms with Crippen molar-refractivity contribution in [3.8, 4) is 0 Å². The molecule has 2 aliphatic rings. The highest BCUT2D eigenvalue weighted by atomic mass is 35.5. The summed E-state index contributed by atoms with van der Waals surface area (Å²) in [7, 11) is 0. The van der Waals surface area contributed by atoms with Crippen molar-refractivity contribution in [2.45, 2.75) is 31.3 Å². The van der Waals surface area contributed by atoms with Crippen molar-refractivity contribution in [1.29, 1.82) is 0 Å². The monoisotopic (exact) mass is 401 g/mol. The molecule has 5 nitrogen and oxygen atoms in total. The zero-order chi connectivity index (χ0) is 19.7. The Bertz CT molecular complexity index is 864. The van der Waals surface area contributed by atoms with Crippen LogP contribution in [0, 0.1) is 5.82 Å². The highest BCUT2D eigenvalue weighted by Gasteiger charge is 2.43. The Morgan fingerprint density at radius 1 is 0.964 bits per heavy atom. The van der Waals surface area contributed by atoms with E-state index in [-0.39, 0.29) is 18.2 Å². The first-order valence-corrected chi connectivity index (χ1v) is 9.77. The van der Waals surface area contributed by atoms with Crippen LogP contribution in [-0.2, 0) is 9.59 Å². The first kappa shape index (κ1) is 18.9. The third-order valence-electron chi connectivity index (χ3n) is 5.39. The summed E-state index contributed by atoms with van der Waals surface area (Å²) in [5.74, 6) is -0.849. The van der Waals surface area contributed by atoms with Crippen molar-refractivity contribution >= 4 is 34.8 Å². The molecule has 2 aromatic rings. The van der Waals surface area contributed by atoms with Crippen LogP contribution in [-0.4, -0.2) is 41.9 Å². The highest BCUT2D eigenvalue weighted by molar-refractivity contribution is 6.30. The van der Waals surface area contributed by atoms with Gasteiger partial charge in [-0.2, -0.15) is 0 Å². The molecule has 0 spiro atoms. The number of imide groups is 1. The van der Waals surface area contributed by atoms with Gasteiger partial charge in [-0.25, -0.2) is 9.29 Å². The number of nitrogens with one attached hydrogen (secondary N) is 1. The lowest BCUT2D eigenvalue weighted by molar-refractivity contribution is -0.123. The number of halogens is 2. The predicted octanol–water partition coefficient (Wildman–Crippen LogP) is 3.69. The minimum atomic E-state index is -0.436. The quantitative estimate of drug-likeness (QED) is 0.794. The third-order valence-corrected chi connectivity index (χ3v) is 5.64. The number of amides is 2. The number of likely N-dealkylation sites (tertiary alicyclic amines) is 1. The minimum absolute atomic E-state index is 0.172. The van der Waals surface area contributed by atoms with Gasteiger partial charge in [-0.1, -0.05) is 11.6 Å². The van der Waals surface area contributed by atoms with E-state index in [1.807, 2.05) is 24.3 Å². The Labute approximate surface area is 168 Å². The largest absolute Gasteiger partial charge is 0.382 e. The smallest absolute Gasteiger partial charge is 0.251 e. The van der Waals surface area contributed by atoms with Crippen LogP contribution in [0.3, 0.4) is 0 Å². The molecule has 4 rings (SSSR count). The zero-order valence-electron chi connectivity index (χ0n) is 15.3. The summed E-state index contributed by atoms with van der Waals surface area (Å²) in [6, 6.07) is 13.0. The number of anilines is 2. The van der Waals surface area contributed by atoms with E-state index in [4.69, 9.17) is 11.6 Å². The van der Waals surface area contributed by atoms with E-state index in [1.165, 1.54) is 29.2 Å². The van der Waals surface area contributed by atoms with Gasteiger partial charge in [0.2, 0.25) is 5.91 Å². The highest BCUT2D eigenvalue weighted by Crippen LogP contribution is 2.28. The van der Waals surface area contributed by atoms with Crippen LogP contribution < -0.4 is 10.2 Å². The molecule has 0 radical (unpaired) electrons. The normalized spacial score (nSPS) is 21.4. The Kier molecular flexibility index (Phi) is 5.33. The molecule has 28 heavy (non-hydrogen) atoms. The summed E-state index contributed by atoms with van der Waals surface area (Å²) in [5.41, 5.74) is 1.45. The fourth-order valence-corrected chi connectivity index (χ4v) is 4.03. The van der Waals surface area contributed by atoms with E-state index in [9.17, 15) is 14.0 Å². The molecule has 146 valence electrons. The predicted molar refractivity (Wildman–Crippen MR) is 107 cm³/mol. The lowest BCUT2D eigenvalue weighted by Crippen LogP contribution is -2.48. The standard InChI is InChI=1S/C21H21ClFN3O2/c22-14-1-5-16(6-2-14)24-17-9-11-25(12-10-17)19-13-20(27)26(21(19)28)18-7-3-15(23)4-8-18/h1-8,17,19,24H,9-13H2/t19-/m0/s1. The molecule has 2 aliphatic heterocycles. The van der Waals surface area contributed by atoms with Gasteiger partial charge in [0, 0.05) is 29.8 Å². The molecule has 7 heteroatoms. The number of piperidine rings is 1. The number of benzene rings is 2. The number of carbonyl (C=O) groups is 2. The van der Waals surface area contributed by atoms with E-state index in [0.717, 1.165) is 31.6 Å². The third kappa shape index (κ3) is 3.88. The van der Waals surface area contributed by atoms with Gasteiger partial charge in [-0.15, -0.1) is 0 Å². The minimum Gasteiger partial charge on any atom is -0.382 e. The maximum absolute atomic E-state index is 13.1. The molecule has 0 bridgehead atoms. The van der Waals surface area contributed by atoms with Crippen LogP contribution in [0.25, 0.3) is 0 Å². The van der Waals surface area contributed by atoms with Gasteiger partial charge in [0.25, 0.3) is 5.91 Å². The second kappa shape index (κ2) is 7.89. The average molecular weight is 402 g/mol. The van der Waals surface area contributed by atoms with Gasteiger partial charge >= 0.3 is 0 Å². The fourth-order valence-electron chi connectivity index (χ4n) is 3.90. The Morgan fingerprint density at radius 2 is 1.61 bits per heavy atom. The molecule has 2 fully saturated rings. The van der Waals surface area contributed by atoms with Gasteiger partial charge in [0.05, 0.1) is 18.2 Å². The maximum atomic E-state index is 13.1. The van der Waals surface area contributed by atoms with Crippen molar-refractivity contribution in [2.24, 2.45) is 0 Å². The first-order chi connectivity index (χ1) is 13.5. The molecular weight excluding hydrogens is 381 g/mol. The molecule has 1 atom stereocenters. The Morgan fingerprint density at radius 3 is 2.25 bits per heavy atom. The molecule has 2 heterocycles. The topological polar surface area (TPSA) is 52.7 Å². The summed E-state index contributed by atoms with van der Waals surface area (Å²) >= 11 is 5.92. The van der Waals surface area contributed by atoms with Crippen molar-refractivity contribution in [3.05, 3.63) is 59.4 Å². The van der Waals surface area contributed by atoms with Crippen LogP contribution in [0.5, 0.6) is 0 Å². The molecule has 2 aromatic carbocycles. The number of carbonyl (C=O) groups excluding carboxylic acids is 2. The number of hydrogen-bond donors (Lipinski definition) is 1. The SMILES string of the molecule is O=C1C[C@H](N2CCC(Nc3ccc(Cl)cc3)CC2)C(=O)N1c1ccc(F)cc1. The molecule has 1 N–H and O–H groups in total. The second-order valence-corrected chi connectivity index (χ2v) is 7.66.